The molecule has 0 amide bonds. The molecule has 3 heterocycles. The van der Waals surface area contributed by atoms with Crippen LogP contribution >= 0.6 is 0 Å². The van der Waals surface area contributed by atoms with Crippen molar-refractivity contribution in [2.24, 2.45) is 0 Å². The monoisotopic (exact) mass is 1290 g/mol. The molecular weight excluding hydrogens is 1230 g/mol. The summed E-state index contributed by atoms with van der Waals surface area (Å²) in [6.07, 6.45) is 0. The van der Waals surface area contributed by atoms with Gasteiger partial charge in [-0.3, -0.25) is 4.57 Å². The number of aryl methyl sites for hydroxylation is 2. The molecule has 0 fully saturated rings. The summed E-state index contributed by atoms with van der Waals surface area (Å²) in [7, 11) is 0. The maximum absolute atomic E-state index is 11.5. The van der Waals surface area contributed by atoms with E-state index in [4.69, 9.17) is 14.4 Å². The van der Waals surface area contributed by atoms with Crippen LogP contribution in [0.5, 0.6) is 5.75 Å². The van der Waals surface area contributed by atoms with Crippen LogP contribution in [0.2, 0.25) is 0 Å². The molecule has 0 bridgehead atoms. The average molecular weight is 1290 g/mol. The first-order valence-electron chi connectivity index (χ1n) is 29.1. The topological polar surface area (TPSA) is 64.1 Å². The number of furan rings is 1. The van der Waals surface area contributed by atoms with Crippen molar-refractivity contribution in [2.45, 2.75) is 40.0 Å². The Balaban J connectivity index is 0.00000653. The van der Waals surface area contributed by atoms with E-state index in [1.54, 1.807) is 6.07 Å². The fourth-order valence-electron chi connectivity index (χ4n) is 12.9. The Morgan fingerprint density at radius 1 is 0.442 bits per heavy atom. The minimum atomic E-state index is -0.0855. The molecule has 0 aliphatic carbocycles. The maximum Gasteiger partial charge on any atom is 0.163 e. The van der Waals surface area contributed by atoms with Crippen molar-refractivity contribution in [3.8, 4) is 101 Å². The van der Waals surface area contributed by atoms with Crippen molar-refractivity contribution >= 4 is 54.6 Å². The summed E-state index contributed by atoms with van der Waals surface area (Å²) >= 11 is 0. The van der Waals surface area contributed by atoms with E-state index in [0.717, 1.165) is 138 Å². The van der Waals surface area contributed by atoms with Gasteiger partial charge < -0.3 is 9.52 Å². The summed E-state index contributed by atoms with van der Waals surface area (Å²) in [4.78, 5) is 11.4. The van der Waals surface area contributed by atoms with Crippen molar-refractivity contribution in [2.75, 3.05) is 0 Å². The van der Waals surface area contributed by atoms with Crippen LogP contribution in [-0.2, 0) is 26.5 Å². The van der Waals surface area contributed by atoms with E-state index in [9.17, 15) is 5.11 Å². The molecule has 0 atom stereocenters. The smallest absolute Gasteiger partial charge is 0.163 e. The Hall–Kier alpha value is -9.93. The zero-order valence-electron chi connectivity index (χ0n) is 48.3. The molecule has 15 rings (SSSR count). The summed E-state index contributed by atoms with van der Waals surface area (Å²) in [6.45, 7) is 11.2. The fourth-order valence-corrected chi connectivity index (χ4v) is 12.9. The largest absolute Gasteiger partial charge is 0.507 e. The van der Waals surface area contributed by atoms with Gasteiger partial charge in [0.15, 0.2) is 5.82 Å². The zero-order chi connectivity index (χ0) is 57.5. The van der Waals surface area contributed by atoms with Crippen LogP contribution < -0.4 is 0 Å². The molecule has 0 aliphatic rings. The number of pyridine rings is 1. The first kappa shape index (κ1) is 54.0. The average Bonchev–Trinajstić information content (AvgIpc) is 2.67. The Morgan fingerprint density at radius 2 is 1.00 bits per heavy atom. The van der Waals surface area contributed by atoms with Gasteiger partial charge in [-0.1, -0.05) is 262 Å². The summed E-state index contributed by atoms with van der Waals surface area (Å²) in [6, 6.07) is 94.4. The number of fused-ring (bicyclic) bond motifs is 7. The minimum absolute atomic E-state index is 0. The van der Waals surface area contributed by atoms with Gasteiger partial charge in [0, 0.05) is 31.8 Å². The van der Waals surface area contributed by atoms with Crippen LogP contribution in [-0.4, -0.2) is 19.6 Å². The van der Waals surface area contributed by atoms with Crippen molar-refractivity contribution in [3.05, 3.63) is 278 Å². The number of nitrogens with zero attached hydrogens (tertiary/aromatic N) is 3. The molecule has 12 aromatic carbocycles. The van der Waals surface area contributed by atoms with E-state index < -0.39 is 0 Å². The van der Waals surface area contributed by atoms with Crippen LogP contribution in [0.3, 0.4) is 0 Å². The number of para-hydroxylation sites is 2. The number of aromatic nitrogens is 3. The Bertz CT molecular complexity index is 5050. The van der Waals surface area contributed by atoms with Crippen molar-refractivity contribution in [1.82, 2.24) is 14.5 Å². The Labute approximate surface area is 514 Å². The summed E-state index contributed by atoms with van der Waals surface area (Å²) in [5.41, 5.74) is 23.5. The molecule has 0 radical (unpaired) electrons. The van der Waals surface area contributed by atoms with Gasteiger partial charge in [0.2, 0.25) is 0 Å². The third kappa shape index (κ3) is 9.22. The molecule has 0 saturated carbocycles. The van der Waals surface area contributed by atoms with Crippen LogP contribution in [0.4, 0.5) is 0 Å². The molecule has 0 unspecified atom stereocenters. The van der Waals surface area contributed by atoms with Gasteiger partial charge in [-0.2, -0.15) is 0 Å². The molecule has 0 saturated heterocycles. The van der Waals surface area contributed by atoms with Crippen molar-refractivity contribution in [3.63, 3.8) is 0 Å². The van der Waals surface area contributed by atoms with E-state index in [1.165, 1.54) is 5.56 Å². The van der Waals surface area contributed by atoms with Gasteiger partial charge in [-0.05, 0) is 132 Å². The Morgan fingerprint density at radius 3 is 1.66 bits per heavy atom. The molecule has 5 nitrogen and oxygen atoms in total. The normalized spacial score (nSPS) is 11.7. The first-order valence-corrected chi connectivity index (χ1v) is 29.1. The van der Waals surface area contributed by atoms with Gasteiger partial charge in [-0.15, -0.1) is 17.2 Å². The predicted octanol–water partition coefficient (Wildman–Crippen LogP) is 21.4. The van der Waals surface area contributed by atoms with E-state index >= 15 is 0 Å². The quantitative estimate of drug-likeness (QED) is 0.116. The molecule has 6 heteroatoms. The second-order valence-corrected chi connectivity index (χ2v) is 23.4. The van der Waals surface area contributed by atoms with Gasteiger partial charge in [0.1, 0.15) is 17.0 Å². The predicted molar refractivity (Wildman–Crippen MR) is 353 cm³/mol. The van der Waals surface area contributed by atoms with Gasteiger partial charge >= 0.3 is 0 Å². The Kier molecular flexibility index (Phi) is 13.6. The third-order valence-electron chi connectivity index (χ3n) is 17.0. The fraction of sp³-hybridized carbons (Fsp3) is 0.0750. The van der Waals surface area contributed by atoms with Gasteiger partial charge in [0.25, 0.3) is 0 Å². The van der Waals surface area contributed by atoms with Crippen LogP contribution in [0.1, 0.15) is 37.5 Å². The van der Waals surface area contributed by atoms with E-state index in [1.807, 2.05) is 24.3 Å². The van der Waals surface area contributed by atoms with E-state index in [0.29, 0.717) is 22.4 Å². The SMILES string of the molecule is Cc1cccc(C)c1-n1c(-c2ccc3ccc4cccc(O)c4c3n2)nc2c(-c3[c-]c(-c4c(-c5ccccc5)cccc4-c4ccccc4)c4c(c3)oc3ccccc34)cc(-c3c(-c4ccccc4)cccc3-c3cccc(C(C)(C)C)c3)cc21.[Pt]. The molecule has 0 spiro atoms. The molecular formula is C80H58N3O2Pt-. The second-order valence-electron chi connectivity index (χ2n) is 23.4. The third-order valence-corrected chi connectivity index (χ3v) is 17.0. The summed E-state index contributed by atoms with van der Waals surface area (Å²) in [5, 5.41) is 16.1. The van der Waals surface area contributed by atoms with Crippen LogP contribution in [0.15, 0.2) is 259 Å². The molecule has 15 aromatic rings. The first-order chi connectivity index (χ1) is 41.5. The molecule has 0 aliphatic heterocycles. The van der Waals surface area contributed by atoms with E-state index in [-0.39, 0.29) is 32.2 Å². The van der Waals surface area contributed by atoms with E-state index in [2.05, 4.69) is 270 Å². The number of aromatic hydroxyl groups is 1. The second kappa shape index (κ2) is 21.6. The number of phenolic OH excluding ortho intramolecular Hbond substituents is 1. The number of rotatable bonds is 9. The standard InChI is InChI=1S/C80H58N3O2.Pt/c1-49-22-17-23-50(2)78(49)83-68-47-58(72-60(51-24-9-6-10-25-51)34-20-37-63(72)56-31-18-32-59(44-56)80(3,4)5)46-65(77(68)82-79(83)67-43-42-55-41-40-54-30-19-38-69(84)73(54)76(55)81-67)57-45-66(75-64-33-15-16-39-70(64)85-71(75)48-57)74-61(52-26-11-7-12-27-52)35-21-36-62(74)53-28-13-8-14-29-53;/h6-44,46-48,84H,1-5H3;/q-1;. The van der Waals surface area contributed by atoms with Crippen molar-refractivity contribution < 1.29 is 30.6 Å². The van der Waals surface area contributed by atoms with Crippen LogP contribution in [0.25, 0.3) is 150 Å². The number of benzene rings is 12. The summed E-state index contributed by atoms with van der Waals surface area (Å²) < 4.78 is 9.43. The maximum atomic E-state index is 11.5. The van der Waals surface area contributed by atoms with Crippen molar-refractivity contribution in [1.29, 1.82) is 0 Å². The number of hydrogen-bond acceptors (Lipinski definition) is 4. The number of hydrogen-bond donors (Lipinski definition) is 1. The molecule has 3 aromatic heterocycles. The molecule has 1 N–H and O–H groups in total. The number of phenols is 1. The molecule has 86 heavy (non-hydrogen) atoms. The molecule has 416 valence electrons. The number of imidazole rings is 1. The summed E-state index contributed by atoms with van der Waals surface area (Å²) in [5.74, 6) is 0.848. The van der Waals surface area contributed by atoms with Crippen LogP contribution in [0, 0.1) is 19.9 Å². The van der Waals surface area contributed by atoms with Gasteiger partial charge in [0.05, 0.1) is 27.8 Å². The van der Waals surface area contributed by atoms with Gasteiger partial charge in [-0.25, -0.2) is 9.97 Å². The minimum Gasteiger partial charge on any atom is -0.507 e. The zero-order valence-corrected chi connectivity index (χ0v) is 50.5.